The van der Waals surface area contributed by atoms with Crippen LogP contribution in [0.25, 0.3) is 0 Å². The summed E-state index contributed by atoms with van der Waals surface area (Å²) in [5.74, 6) is 0.696. The molecule has 1 aromatic rings. The lowest BCUT2D eigenvalue weighted by atomic mass is 10.2. The molecule has 108 valence electrons. The number of ether oxygens (including phenoxy) is 1. The van der Waals surface area contributed by atoms with E-state index in [2.05, 4.69) is 28.2 Å². The summed E-state index contributed by atoms with van der Waals surface area (Å²) >= 11 is 3.43. The molecule has 1 rings (SSSR count). The molecule has 1 N–H and O–H groups in total. The molecule has 0 saturated heterocycles. The van der Waals surface area contributed by atoms with Crippen molar-refractivity contribution in [3.05, 3.63) is 28.2 Å². The highest BCUT2D eigenvalue weighted by Gasteiger charge is 2.06. The molecular formula is C13H20BrNO3S. The van der Waals surface area contributed by atoms with Gasteiger partial charge >= 0.3 is 0 Å². The molecule has 1 aromatic carbocycles. The standard InChI is InChI=1S/C13H20BrNO3S/c1-3-6-15-10-11-4-5-13(12(14)9-11)18-7-8-19(2,16)17/h4-5,9,15H,3,6-8,10H2,1-2H3. The zero-order chi connectivity index (χ0) is 14.3. The molecule has 0 bridgehead atoms. The summed E-state index contributed by atoms with van der Waals surface area (Å²) in [5, 5.41) is 3.32. The number of hydrogen-bond donors (Lipinski definition) is 1. The van der Waals surface area contributed by atoms with Crippen LogP contribution in [0.4, 0.5) is 0 Å². The maximum atomic E-state index is 11.0. The predicted molar refractivity (Wildman–Crippen MR) is 81.3 cm³/mol. The van der Waals surface area contributed by atoms with Crippen LogP contribution in [0, 0.1) is 0 Å². The summed E-state index contributed by atoms with van der Waals surface area (Å²) in [6.07, 6.45) is 2.31. The van der Waals surface area contributed by atoms with Crippen LogP contribution in [-0.2, 0) is 16.4 Å². The van der Waals surface area contributed by atoms with Gasteiger partial charge in [0.25, 0.3) is 0 Å². The van der Waals surface area contributed by atoms with Gasteiger partial charge in [-0.25, -0.2) is 8.42 Å². The number of benzene rings is 1. The quantitative estimate of drug-likeness (QED) is 0.732. The Bertz CT molecular complexity index is 503. The summed E-state index contributed by atoms with van der Waals surface area (Å²) < 4.78 is 28.3. The minimum atomic E-state index is -2.98. The molecule has 0 aromatic heterocycles. The molecule has 0 aliphatic carbocycles. The first-order valence-corrected chi connectivity index (χ1v) is 9.07. The van der Waals surface area contributed by atoms with Crippen molar-refractivity contribution in [2.24, 2.45) is 0 Å². The molecule has 0 aliphatic heterocycles. The Morgan fingerprint density at radius 2 is 2.11 bits per heavy atom. The van der Waals surface area contributed by atoms with Crippen molar-refractivity contribution in [1.29, 1.82) is 0 Å². The van der Waals surface area contributed by atoms with Gasteiger partial charge in [0.1, 0.15) is 12.4 Å². The third-order valence-corrected chi connectivity index (χ3v) is 3.99. The topological polar surface area (TPSA) is 55.4 Å². The van der Waals surface area contributed by atoms with Crippen LogP contribution in [0.5, 0.6) is 5.75 Å². The molecule has 4 nitrogen and oxygen atoms in total. The van der Waals surface area contributed by atoms with Crippen LogP contribution < -0.4 is 10.1 Å². The Kier molecular flexibility index (Phi) is 6.82. The van der Waals surface area contributed by atoms with Crippen LogP contribution in [-0.4, -0.2) is 33.6 Å². The monoisotopic (exact) mass is 349 g/mol. The van der Waals surface area contributed by atoms with E-state index in [4.69, 9.17) is 4.74 Å². The van der Waals surface area contributed by atoms with E-state index < -0.39 is 9.84 Å². The maximum Gasteiger partial charge on any atom is 0.150 e. The van der Waals surface area contributed by atoms with E-state index in [9.17, 15) is 8.42 Å². The first-order valence-electron chi connectivity index (χ1n) is 6.22. The molecular weight excluding hydrogens is 330 g/mol. The van der Waals surface area contributed by atoms with E-state index in [1.165, 1.54) is 6.26 Å². The van der Waals surface area contributed by atoms with Crippen molar-refractivity contribution in [3.8, 4) is 5.75 Å². The average Bonchev–Trinajstić information content (AvgIpc) is 2.31. The van der Waals surface area contributed by atoms with E-state index in [0.29, 0.717) is 5.75 Å². The highest BCUT2D eigenvalue weighted by atomic mass is 79.9. The number of sulfone groups is 1. The highest BCUT2D eigenvalue weighted by Crippen LogP contribution is 2.26. The van der Waals surface area contributed by atoms with Gasteiger partial charge in [-0.1, -0.05) is 13.0 Å². The molecule has 0 atom stereocenters. The number of rotatable bonds is 8. The molecule has 0 fully saturated rings. The number of halogens is 1. The molecule has 19 heavy (non-hydrogen) atoms. The van der Waals surface area contributed by atoms with Crippen molar-refractivity contribution in [1.82, 2.24) is 5.32 Å². The summed E-state index contributed by atoms with van der Waals surface area (Å²) in [5.41, 5.74) is 1.16. The van der Waals surface area contributed by atoms with Gasteiger partial charge < -0.3 is 10.1 Å². The van der Waals surface area contributed by atoms with Crippen molar-refractivity contribution < 1.29 is 13.2 Å². The zero-order valence-electron chi connectivity index (χ0n) is 11.3. The van der Waals surface area contributed by atoms with Gasteiger partial charge in [0.2, 0.25) is 0 Å². The van der Waals surface area contributed by atoms with E-state index in [0.717, 1.165) is 29.5 Å². The lowest BCUT2D eigenvalue weighted by Gasteiger charge is -2.10. The van der Waals surface area contributed by atoms with Gasteiger partial charge in [-0.2, -0.15) is 0 Å². The minimum Gasteiger partial charge on any atom is -0.491 e. The van der Waals surface area contributed by atoms with Gasteiger partial charge in [0.15, 0.2) is 9.84 Å². The second-order valence-electron chi connectivity index (χ2n) is 4.42. The lowest BCUT2D eigenvalue weighted by molar-refractivity contribution is 0.339. The molecule has 0 radical (unpaired) electrons. The molecule has 0 spiro atoms. The van der Waals surface area contributed by atoms with Crippen LogP contribution in [0.2, 0.25) is 0 Å². The summed E-state index contributed by atoms with van der Waals surface area (Å²) in [6.45, 7) is 4.10. The predicted octanol–water partition coefficient (Wildman–Crippen LogP) is 2.37. The van der Waals surface area contributed by atoms with Crippen LogP contribution >= 0.6 is 15.9 Å². The fourth-order valence-corrected chi connectivity index (χ4v) is 2.41. The van der Waals surface area contributed by atoms with Gasteiger partial charge in [0.05, 0.1) is 10.2 Å². The average molecular weight is 350 g/mol. The third-order valence-electron chi connectivity index (χ3n) is 2.46. The van der Waals surface area contributed by atoms with Crippen LogP contribution in [0.15, 0.2) is 22.7 Å². The fraction of sp³-hybridized carbons (Fsp3) is 0.538. The van der Waals surface area contributed by atoms with Crippen molar-refractivity contribution in [2.75, 3.05) is 25.2 Å². The Morgan fingerprint density at radius 1 is 1.37 bits per heavy atom. The summed E-state index contributed by atoms with van der Waals surface area (Å²) in [6, 6.07) is 5.82. The molecule has 0 unspecified atom stereocenters. The lowest BCUT2D eigenvalue weighted by Crippen LogP contribution is -2.14. The minimum absolute atomic E-state index is 0.0270. The Labute approximate surface area is 123 Å². The zero-order valence-corrected chi connectivity index (χ0v) is 13.7. The highest BCUT2D eigenvalue weighted by molar-refractivity contribution is 9.10. The van der Waals surface area contributed by atoms with Gasteiger partial charge in [-0.15, -0.1) is 0 Å². The van der Waals surface area contributed by atoms with E-state index in [-0.39, 0.29) is 12.4 Å². The summed E-state index contributed by atoms with van der Waals surface area (Å²) in [7, 11) is -2.98. The summed E-state index contributed by atoms with van der Waals surface area (Å²) in [4.78, 5) is 0. The maximum absolute atomic E-state index is 11.0. The third kappa shape index (κ3) is 6.94. The normalized spacial score (nSPS) is 11.5. The largest absolute Gasteiger partial charge is 0.491 e. The molecule has 6 heteroatoms. The second-order valence-corrected chi connectivity index (χ2v) is 7.53. The molecule has 0 aliphatic rings. The number of nitrogens with one attached hydrogen (secondary N) is 1. The van der Waals surface area contributed by atoms with Crippen molar-refractivity contribution >= 4 is 25.8 Å². The van der Waals surface area contributed by atoms with E-state index in [1.54, 1.807) is 0 Å². The molecule has 0 heterocycles. The smallest absolute Gasteiger partial charge is 0.150 e. The molecule has 0 saturated carbocycles. The van der Waals surface area contributed by atoms with Gasteiger partial charge in [-0.3, -0.25) is 0 Å². The Balaban J connectivity index is 2.52. The second kappa shape index (κ2) is 7.87. The van der Waals surface area contributed by atoms with E-state index in [1.807, 2.05) is 18.2 Å². The number of hydrogen-bond acceptors (Lipinski definition) is 4. The van der Waals surface area contributed by atoms with E-state index >= 15 is 0 Å². The van der Waals surface area contributed by atoms with Crippen LogP contribution in [0.3, 0.4) is 0 Å². The van der Waals surface area contributed by atoms with Crippen LogP contribution in [0.1, 0.15) is 18.9 Å². The first kappa shape index (κ1) is 16.5. The fourth-order valence-electron chi connectivity index (χ4n) is 1.48. The molecule has 0 amide bonds. The first-order chi connectivity index (χ1) is 8.92. The Hall–Kier alpha value is -0.590. The van der Waals surface area contributed by atoms with Gasteiger partial charge in [0, 0.05) is 12.8 Å². The Morgan fingerprint density at radius 3 is 2.68 bits per heavy atom. The van der Waals surface area contributed by atoms with Gasteiger partial charge in [-0.05, 0) is 46.6 Å². The van der Waals surface area contributed by atoms with Crippen molar-refractivity contribution in [3.63, 3.8) is 0 Å². The SMILES string of the molecule is CCCNCc1ccc(OCCS(C)(=O)=O)c(Br)c1. The van der Waals surface area contributed by atoms with Crippen molar-refractivity contribution in [2.45, 2.75) is 19.9 Å².